The molecule has 0 heterocycles. The van der Waals surface area contributed by atoms with E-state index in [0.29, 0.717) is 10.8 Å². The lowest BCUT2D eigenvalue weighted by molar-refractivity contribution is 0.633. The van der Waals surface area contributed by atoms with E-state index in [4.69, 9.17) is 11.6 Å². The number of nitrogens with one attached hydrogen (secondary N) is 1. The van der Waals surface area contributed by atoms with Gasteiger partial charge in [0.25, 0.3) is 0 Å². The van der Waals surface area contributed by atoms with Gasteiger partial charge in [0.1, 0.15) is 0 Å². The van der Waals surface area contributed by atoms with Crippen LogP contribution < -0.4 is 5.32 Å². The molecule has 2 aromatic carbocycles. The minimum atomic E-state index is -1.06. The van der Waals surface area contributed by atoms with Crippen molar-refractivity contribution in [2.75, 3.05) is 12.8 Å². The van der Waals surface area contributed by atoms with Crippen molar-refractivity contribution in [2.24, 2.45) is 0 Å². The van der Waals surface area contributed by atoms with Gasteiger partial charge in [0.15, 0.2) is 0 Å². The zero-order valence-electron chi connectivity index (χ0n) is 12.5. The van der Waals surface area contributed by atoms with Gasteiger partial charge in [-0.25, -0.2) is 0 Å². The summed E-state index contributed by atoms with van der Waals surface area (Å²) >= 11 is 5.87. The maximum Gasteiger partial charge on any atom is 0.0548 e. The zero-order chi connectivity index (χ0) is 15.4. The Balaban J connectivity index is 2.20. The summed E-state index contributed by atoms with van der Waals surface area (Å²) in [5.41, 5.74) is 3.64. The highest BCUT2D eigenvalue weighted by atomic mass is 35.5. The van der Waals surface area contributed by atoms with E-state index in [1.54, 1.807) is 12.1 Å². The number of hydrogen-bond donors (Lipinski definition) is 1. The quantitative estimate of drug-likeness (QED) is 0.901. The maximum atomic E-state index is 12.5. The molecule has 21 heavy (non-hydrogen) atoms. The summed E-state index contributed by atoms with van der Waals surface area (Å²) in [7, 11) is 0.850. The minimum absolute atomic E-state index is 0.0708. The first-order valence-electron chi connectivity index (χ1n) is 6.89. The predicted octanol–water partition coefficient (Wildman–Crippen LogP) is 4.03. The molecule has 0 saturated heterocycles. The van der Waals surface area contributed by atoms with Gasteiger partial charge in [-0.15, -0.1) is 0 Å². The Bertz CT molecular complexity index is 640. The lowest BCUT2D eigenvalue weighted by Crippen LogP contribution is -2.23. The first-order valence-corrected chi connectivity index (χ1v) is 8.59. The molecule has 2 atom stereocenters. The molecule has 0 bridgehead atoms. The first kappa shape index (κ1) is 16.2. The molecule has 4 heteroatoms. The van der Waals surface area contributed by atoms with Crippen LogP contribution in [0.2, 0.25) is 5.02 Å². The third kappa shape index (κ3) is 4.16. The van der Waals surface area contributed by atoms with Crippen LogP contribution >= 0.6 is 11.6 Å². The normalized spacial score (nSPS) is 13.9. The molecule has 0 radical (unpaired) electrons. The molecule has 0 aliphatic heterocycles. The largest absolute Gasteiger partial charge is 0.312 e. The van der Waals surface area contributed by atoms with E-state index in [1.807, 2.05) is 19.2 Å². The van der Waals surface area contributed by atoms with E-state index >= 15 is 0 Å². The summed E-state index contributed by atoms with van der Waals surface area (Å²) in [5, 5.41) is 3.94. The monoisotopic (exact) mass is 321 g/mol. The average Bonchev–Trinajstić information content (AvgIpc) is 2.48. The molecule has 2 aromatic rings. The standard InChI is InChI=1S/C17H20ClNOS/c1-12-4-5-13(2)16(10-12)17(19-3)11-21(20)15-8-6-14(18)7-9-15/h4-10,17,19H,11H2,1-3H3. The summed E-state index contributed by atoms with van der Waals surface area (Å²) in [4.78, 5) is 0.810. The molecule has 2 rings (SSSR count). The van der Waals surface area contributed by atoms with E-state index < -0.39 is 10.8 Å². The zero-order valence-corrected chi connectivity index (χ0v) is 14.1. The Morgan fingerprint density at radius 1 is 1.14 bits per heavy atom. The van der Waals surface area contributed by atoms with Crippen molar-refractivity contribution < 1.29 is 4.21 Å². The molecule has 0 fully saturated rings. The molecule has 0 saturated carbocycles. The fourth-order valence-corrected chi connectivity index (χ4v) is 3.70. The van der Waals surface area contributed by atoms with Crippen LogP contribution in [0.25, 0.3) is 0 Å². The molecule has 2 unspecified atom stereocenters. The van der Waals surface area contributed by atoms with Crippen molar-refractivity contribution in [1.82, 2.24) is 5.32 Å². The van der Waals surface area contributed by atoms with Crippen molar-refractivity contribution in [3.05, 3.63) is 64.2 Å². The third-order valence-corrected chi connectivity index (χ3v) is 5.24. The van der Waals surface area contributed by atoms with Gasteiger partial charge in [-0.1, -0.05) is 35.4 Å². The average molecular weight is 322 g/mol. The van der Waals surface area contributed by atoms with Gasteiger partial charge < -0.3 is 5.32 Å². The molecule has 0 aliphatic rings. The SMILES string of the molecule is CNC(CS(=O)c1ccc(Cl)cc1)c1cc(C)ccc1C. The molecular formula is C17H20ClNOS. The van der Waals surface area contributed by atoms with Crippen LogP contribution in [0.3, 0.4) is 0 Å². The second kappa shape index (κ2) is 7.21. The molecular weight excluding hydrogens is 302 g/mol. The van der Waals surface area contributed by atoms with Gasteiger partial charge in [-0.3, -0.25) is 4.21 Å². The number of aryl methyl sites for hydroxylation is 2. The summed E-state index contributed by atoms with van der Waals surface area (Å²) in [6.45, 7) is 4.16. The van der Waals surface area contributed by atoms with Crippen LogP contribution in [0, 0.1) is 13.8 Å². The molecule has 1 N–H and O–H groups in total. The predicted molar refractivity (Wildman–Crippen MR) is 90.4 cm³/mol. The second-order valence-corrected chi connectivity index (χ2v) is 7.10. The topological polar surface area (TPSA) is 29.1 Å². The molecule has 0 aromatic heterocycles. The van der Waals surface area contributed by atoms with Crippen molar-refractivity contribution in [3.63, 3.8) is 0 Å². The van der Waals surface area contributed by atoms with Crippen molar-refractivity contribution in [2.45, 2.75) is 24.8 Å². The second-order valence-electron chi connectivity index (χ2n) is 5.17. The Morgan fingerprint density at radius 2 is 1.81 bits per heavy atom. The highest BCUT2D eigenvalue weighted by molar-refractivity contribution is 7.85. The molecule has 0 aliphatic carbocycles. The number of halogens is 1. The number of benzene rings is 2. The smallest absolute Gasteiger partial charge is 0.0548 e. The fraction of sp³-hybridized carbons (Fsp3) is 0.294. The first-order chi connectivity index (χ1) is 10.0. The fourth-order valence-electron chi connectivity index (χ4n) is 2.30. The molecule has 112 valence electrons. The van der Waals surface area contributed by atoms with Crippen LogP contribution in [0.1, 0.15) is 22.7 Å². The van der Waals surface area contributed by atoms with E-state index in [9.17, 15) is 4.21 Å². The van der Waals surface area contributed by atoms with Crippen molar-refractivity contribution in [1.29, 1.82) is 0 Å². The van der Waals surface area contributed by atoms with Crippen LogP contribution in [0.4, 0.5) is 0 Å². The van der Waals surface area contributed by atoms with E-state index in [2.05, 4.69) is 37.4 Å². The summed E-state index contributed by atoms with van der Waals surface area (Å²) in [6, 6.07) is 13.7. The lowest BCUT2D eigenvalue weighted by atomic mass is 10.0. The van der Waals surface area contributed by atoms with E-state index in [0.717, 1.165) is 4.90 Å². The summed E-state index contributed by atoms with van der Waals surface area (Å²) < 4.78 is 12.5. The van der Waals surface area contributed by atoms with Gasteiger partial charge in [-0.05, 0) is 56.3 Å². The summed E-state index contributed by atoms with van der Waals surface area (Å²) in [5.74, 6) is 0.544. The number of rotatable bonds is 5. The van der Waals surface area contributed by atoms with Gasteiger partial charge in [0.05, 0.1) is 10.8 Å². The number of hydrogen-bond acceptors (Lipinski definition) is 2. The van der Waals surface area contributed by atoms with Crippen LogP contribution in [-0.4, -0.2) is 17.0 Å². The highest BCUT2D eigenvalue weighted by Gasteiger charge is 2.16. The third-order valence-electron chi connectivity index (χ3n) is 3.55. The van der Waals surface area contributed by atoms with Gasteiger partial charge in [-0.2, -0.15) is 0 Å². The van der Waals surface area contributed by atoms with E-state index in [1.165, 1.54) is 16.7 Å². The summed E-state index contributed by atoms with van der Waals surface area (Å²) in [6.07, 6.45) is 0. The molecule has 2 nitrogen and oxygen atoms in total. The van der Waals surface area contributed by atoms with Crippen molar-refractivity contribution in [3.8, 4) is 0 Å². The van der Waals surface area contributed by atoms with Crippen LogP contribution in [-0.2, 0) is 10.8 Å². The van der Waals surface area contributed by atoms with Crippen LogP contribution in [0.15, 0.2) is 47.4 Å². The minimum Gasteiger partial charge on any atom is -0.312 e. The molecule has 0 amide bonds. The van der Waals surface area contributed by atoms with Crippen molar-refractivity contribution >= 4 is 22.4 Å². The Morgan fingerprint density at radius 3 is 2.43 bits per heavy atom. The van der Waals surface area contributed by atoms with Gasteiger partial charge in [0, 0.05) is 21.7 Å². The Labute approximate surface area is 134 Å². The highest BCUT2D eigenvalue weighted by Crippen LogP contribution is 2.22. The Kier molecular flexibility index (Phi) is 5.57. The van der Waals surface area contributed by atoms with Gasteiger partial charge in [0.2, 0.25) is 0 Å². The van der Waals surface area contributed by atoms with Crippen LogP contribution in [0.5, 0.6) is 0 Å². The molecule has 0 spiro atoms. The Hall–Kier alpha value is -1.16. The maximum absolute atomic E-state index is 12.5. The van der Waals surface area contributed by atoms with E-state index in [-0.39, 0.29) is 6.04 Å². The van der Waals surface area contributed by atoms with Gasteiger partial charge >= 0.3 is 0 Å². The lowest BCUT2D eigenvalue weighted by Gasteiger charge is -2.19.